The molecule has 1 rings (SSSR count). The second-order valence-corrected chi connectivity index (χ2v) is 4.79. The number of rotatable bonds is 3. The molecule has 0 unspecified atom stereocenters. The minimum atomic E-state index is -0.423. The molecule has 0 atom stereocenters. The van der Waals surface area contributed by atoms with E-state index in [9.17, 15) is 9.59 Å². The highest BCUT2D eigenvalue weighted by Gasteiger charge is 2.17. The highest BCUT2D eigenvalue weighted by molar-refractivity contribution is 5.97. The Bertz CT molecular complexity index is 427. The highest BCUT2D eigenvalue weighted by Crippen LogP contribution is 2.14. The Labute approximate surface area is 102 Å². The molecule has 0 radical (unpaired) electrons. The van der Waals surface area contributed by atoms with Gasteiger partial charge < -0.3 is 5.32 Å². The fourth-order valence-corrected chi connectivity index (χ4v) is 1.12. The maximum absolute atomic E-state index is 11.6. The SMILES string of the molecule is CC(C)(C)C(=O)/C=C\NC(=O)c1ccccc1. The van der Waals surface area contributed by atoms with E-state index >= 15 is 0 Å². The van der Waals surface area contributed by atoms with Crippen molar-refractivity contribution >= 4 is 11.7 Å². The van der Waals surface area contributed by atoms with Crippen molar-refractivity contribution in [2.24, 2.45) is 5.41 Å². The molecule has 3 nitrogen and oxygen atoms in total. The predicted molar refractivity (Wildman–Crippen MR) is 67.5 cm³/mol. The number of hydrogen-bond donors (Lipinski definition) is 1. The van der Waals surface area contributed by atoms with Crippen LogP contribution >= 0.6 is 0 Å². The van der Waals surface area contributed by atoms with E-state index in [4.69, 9.17) is 0 Å². The topological polar surface area (TPSA) is 46.2 Å². The van der Waals surface area contributed by atoms with Gasteiger partial charge in [-0.1, -0.05) is 39.0 Å². The molecule has 90 valence electrons. The third kappa shape index (κ3) is 4.23. The summed E-state index contributed by atoms with van der Waals surface area (Å²) in [5.74, 6) is -0.241. The van der Waals surface area contributed by atoms with Crippen LogP contribution in [0.25, 0.3) is 0 Å². The van der Waals surface area contributed by atoms with Crippen molar-refractivity contribution in [1.29, 1.82) is 0 Å². The zero-order valence-corrected chi connectivity index (χ0v) is 10.4. The molecule has 0 saturated heterocycles. The third-order valence-electron chi connectivity index (χ3n) is 2.22. The van der Waals surface area contributed by atoms with Crippen LogP contribution in [0.1, 0.15) is 31.1 Å². The molecule has 0 spiro atoms. The molecule has 1 amide bonds. The molecule has 0 saturated carbocycles. The monoisotopic (exact) mass is 231 g/mol. The summed E-state index contributed by atoms with van der Waals surface area (Å²) in [6, 6.07) is 8.86. The number of benzene rings is 1. The van der Waals surface area contributed by atoms with Crippen LogP contribution in [0.5, 0.6) is 0 Å². The molecule has 3 heteroatoms. The maximum Gasteiger partial charge on any atom is 0.255 e. The fraction of sp³-hybridized carbons (Fsp3) is 0.286. The first-order chi connectivity index (χ1) is 7.91. The van der Waals surface area contributed by atoms with Gasteiger partial charge in [0.25, 0.3) is 5.91 Å². The summed E-state index contributed by atoms with van der Waals surface area (Å²) in [7, 11) is 0. The molecule has 1 N–H and O–H groups in total. The number of amides is 1. The first-order valence-electron chi connectivity index (χ1n) is 5.48. The first kappa shape index (κ1) is 13.2. The standard InChI is InChI=1S/C14H17NO2/c1-14(2,3)12(16)9-10-15-13(17)11-7-5-4-6-8-11/h4-10H,1-3H3,(H,15,17)/b10-9-. The number of nitrogens with one attached hydrogen (secondary N) is 1. The van der Waals surface area contributed by atoms with Gasteiger partial charge in [-0.3, -0.25) is 9.59 Å². The van der Waals surface area contributed by atoms with Crippen LogP contribution < -0.4 is 5.32 Å². The van der Waals surface area contributed by atoms with Crippen LogP contribution in [-0.4, -0.2) is 11.7 Å². The smallest absolute Gasteiger partial charge is 0.255 e. The van der Waals surface area contributed by atoms with Gasteiger partial charge in [-0.2, -0.15) is 0 Å². The highest BCUT2D eigenvalue weighted by atomic mass is 16.1. The summed E-state index contributed by atoms with van der Waals surface area (Å²) in [6.45, 7) is 5.50. The number of hydrogen-bond acceptors (Lipinski definition) is 2. The minimum absolute atomic E-state index is 0.0224. The van der Waals surface area contributed by atoms with E-state index in [0.29, 0.717) is 5.56 Å². The van der Waals surface area contributed by atoms with Crippen LogP contribution in [0.4, 0.5) is 0 Å². The number of allylic oxidation sites excluding steroid dienone is 1. The summed E-state index contributed by atoms with van der Waals surface area (Å²) >= 11 is 0. The molecule has 0 aliphatic rings. The van der Waals surface area contributed by atoms with Gasteiger partial charge in [0, 0.05) is 17.2 Å². The Morgan fingerprint density at radius 2 is 1.71 bits per heavy atom. The minimum Gasteiger partial charge on any atom is -0.328 e. The second kappa shape index (κ2) is 5.43. The van der Waals surface area contributed by atoms with Crippen molar-refractivity contribution in [3.05, 3.63) is 48.2 Å². The van der Waals surface area contributed by atoms with Gasteiger partial charge in [0.1, 0.15) is 0 Å². The lowest BCUT2D eigenvalue weighted by Crippen LogP contribution is -2.21. The van der Waals surface area contributed by atoms with Gasteiger partial charge in [0.15, 0.2) is 5.78 Å². The van der Waals surface area contributed by atoms with E-state index < -0.39 is 5.41 Å². The van der Waals surface area contributed by atoms with Crippen molar-refractivity contribution in [2.75, 3.05) is 0 Å². The first-order valence-corrected chi connectivity index (χ1v) is 5.48. The lowest BCUT2D eigenvalue weighted by atomic mass is 9.91. The van der Waals surface area contributed by atoms with Crippen molar-refractivity contribution in [2.45, 2.75) is 20.8 Å². The van der Waals surface area contributed by atoms with Gasteiger partial charge >= 0.3 is 0 Å². The third-order valence-corrected chi connectivity index (χ3v) is 2.22. The van der Waals surface area contributed by atoms with Crippen molar-refractivity contribution < 1.29 is 9.59 Å². The van der Waals surface area contributed by atoms with Gasteiger partial charge in [-0.15, -0.1) is 0 Å². The Balaban J connectivity index is 2.55. The Hall–Kier alpha value is -1.90. The molecule has 0 aromatic heterocycles. The van der Waals surface area contributed by atoms with Crippen LogP contribution in [0.3, 0.4) is 0 Å². The van der Waals surface area contributed by atoms with E-state index in [1.807, 2.05) is 26.8 Å². The summed E-state index contributed by atoms with van der Waals surface area (Å²) in [5.41, 5.74) is 0.147. The lowest BCUT2D eigenvalue weighted by Gasteiger charge is -2.12. The molecule has 1 aromatic rings. The van der Waals surface area contributed by atoms with E-state index in [2.05, 4.69) is 5.32 Å². The molecule has 1 aromatic carbocycles. The number of carbonyl (C=O) groups excluding carboxylic acids is 2. The number of ketones is 1. The Morgan fingerprint density at radius 3 is 2.24 bits per heavy atom. The quantitative estimate of drug-likeness (QED) is 0.812. The molecular weight excluding hydrogens is 214 g/mol. The van der Waals surface area contributed by atoms with Crippen LogP contribution in [0, 0.1) is 5.41 Å². The molecule has 0 aliphatic carbocycles. The Morgan fingerprint density at radius 1 is 1.12 bits per heavy atom. The molecule has 0 bridgehead atoms. The summed E-state index contributed by atoms with van der Waals surface area (Å²) < 4.78 is 0. The van der Waals surface area contributed by atoms with Crippen LogP contribution in [0.15, 0.2) is 42.6 Å². The lowest BCUT2D eigenvalue weighted by molar-refractivity contribution is -0.121. The van der Waals surface area contributed by atoms with Crippen molar-refractivity contribution in [3.8, 4) is 0 Å². The second-order valence-electron chi connectivity index (χ2n) is 4.79. The van der Waals surface area contributed by atoms with Crippen molar-refractivity contribution in [1.82, 2.24) is 5.32 Å². The molecular formula is C14H17NO2. The average Bonchev–Trinajstić information content (AvgIpc) is 2.28. The predicted octanol–water partition coefficient (Wildman–Crippen LogP) is 2.55. The molecule has 0 aliphatic heterocycles. The average molecular weight is 231 g/mol. The zero-order valence-electron chi connectivity index (χ0n) is 10.4. The molecule has 0 heterocycles. The largest absolute Gasteiger partial charge is 0.328 e. The van der Waals surface area contributed by atoms with E-state index in [0.717, 1.165) is 0 Å². The van der Waals surface area contributed by atoms with Crippen molar-refractivity contribution in [3.63, 3.8) is 0 Å². The molecule has 0 fully saturated rings. The van der Waals surface area contributed by atoms with E-state index in [1.165, 1.54) is 12.3 Å². The van der Waals surface area contributed by atoms with Crippen LogP contribution in [0.2, 0.25) is 0 Å². The zero-order chi connectivity index (χ0) is 12.9. The van der Waals surface area contributed by atoms with Gasteiger partial charge in [0.2, 0.25) is 0 Å². The van der Waals surface area contributed by atoms with Crippen LogP contribution in [-0.2, 0) is 4.79 Å². The van der Waals surface area contributed by atoms with Gasteiger partial charge in [0.05, 0.1) is 0 Å². The summed E-state index contributed by atoms with van der Waals surface area (Å²) in [6.07, 6.45) is 2.78. The fourth-order valence-electron chi connectivity index (χ4n) is 1.12. The molecule has 17 heavy (non-hydrogen) atoms. The summed E-state index contributed by atoms with van der Waals surface area (Å²) in [4.78, 5) is 23.1. The van der Waals surface area contributed by atoms with Gasteiger partial charge in [-0.25, -0.2) is 0 Å². The van der Waals surface area contributed by atoms with E-state index in [-0.39, 0.29) is 11.7 Å². The van der Waals surface area contributed by atoms with E-state index in [1.54, 1.807) is 24.3 Å². The Kier molecular flexibility index (Phi) is 4.21. The van der Waals surface area contributed by atoms with Gasteiger partial charge in [-0.05, 0) is 18.2 Å². The number of carbonyl (C=O) groups is 2. The maximum atomic E-state index is 11.6. The summed E-state index contributed by atoms with van der Waals surface area (Å²) in [5, 5.41) is 2.56. The normalized spacial score (nSPS) is 11.5.